The largest absolute Gasteiger partial charge is 0.479 e. The number of aromatic nitrogens is 2. The first-order valence-corrected chi connectivity index (χ1v) is 11.3. The third-order valence-corrected chi connectivity index (χ3v) is 6.31. The summed E-state index contributed by atoms with van der Waals surface area (Å²) < 4.78 is 14.4. The summed E-state index contributed by atoms with van der Waals surface area (Å²) >= 11 is 0. The Labute approximate surface area is 188 Å². The highest BCUT2D eigenvalue weighted by Gasteiger charge is 2.41. The molecule has 0 amide bonds. The Bertz CT molecular complexity index is 1100. The van der Waals surface area contributed by atoms with Crippen molar-refractivity contribution in [3.05, 3.63) is 60.8 Å². The molecule has 1 fully saturated rings. The summed E-state index contributed by atoms with van der Waals surface area (Å²) in [5, 5.41) is 4.44. The van der Waals surface area contributed by atoms with E-state index in [1.54, 1.807) is 11.0 Å². The van der Waals surface area contributed by atoms with Gasteiger partial charge in [0.15, 0.2) is 5.60 Å². The molecule has 164 valence electrons. The van der Waals surface area contributed by atoms with E-state index in [0.717, 1.165) is 41.3 Å². The van der Waals surface area contributed by atoms with E-state index in [1.165, 1.54) is 19.3 Å². The lowest BCUT2D eigenvalue weighted by Gasteiger charge is -2.39. The van der Waals surface area contributed by atoms with Gasteiger partial charge in [-0.25, -0.2) is 4.99 Å². The number of nitrogens with zero attached hydrogens (tertiary/aromatic N) is 4. The van der Waals surface area contributed by atoms with Gasteiger partial charge in [-0.05, 0) is 67.4 Å². The first-order valence-electron chi connectivity index (χ1n) is 11.3. The lowest BCUT2D eigenvalue weighted by molar-refractivity contribution is 0.0648. The zero-order valence-electron chi connectivity index (χ0n) is 18.4. The van der Waals surface area contributed by atoms with Gasteiger partial charge < -0.3 is 9.47 Å². The van der Waals surface area contributed by atoms with Crippen LogP contribution in [0, 0.1) is 5.92 Å². The Morgan fingerprint density at radius 2 is 1.56 bits per heavy atom. The average Bonchev–Trinajstić information content (AvgIpc) is 3.28. The van der Waals surface area contributed by atoms with Gasteiger partial charge in [0.25, 0.3) is 0 Å². The van der Waals surface area contributed by atoms with Crippen LogP contribution >= 0.6 is 0 Å². The molecule has 1 aliphatic heterocycles. The van der Waals surface area contributed by atoms with Crippen molar-refractivity contribution in [2.75, 3.05) is 6.54 Å². The molecule has 2 aliphatic rings. The van der Waals surface area contributed by atoms with Crippen molar-refractivity contribution in [3.8, 4) is 28.5 Å². The highest BCUT2D eigenvalue weighted by Crippen LogP contribution is 2.37. The van der Waals surface area contributed by atoms with E-state index in [9.17, 15) is 0 Å². The monoisotopic (exact) mass is 428 g/mol. The summed E-state index contributed by atoms with van der Waals surface area (Å²) in [4.78, 5) is 8.76. The van der Waals surface area contributed by atoms with Crippen LogP contribution in [-0.2, 0) is 7.05 Å². The maximum atomic E-state index is 6.53. The number of hydrogen-bond donors (Lipinski definition) is 0. The van der Waals surface area contributed by atoms with E-state index >= 15 is 0 Å². The second-order valence-electron chi connectivity index (χ2n) is 8.60. The molecule has 2 heterocycles. The van der Waals surface area contributed by atoms with Crippen molar-refractivity contribution in [3.63, 3.8) is 0 Å². The first-order chi connectivity index (χ1) is 15.7. The molecule has 0 N–H and O–H groups in total. The molecule has 0 radical (unpaired) electrons. The van der Waals surface area contributed by atoms with Crippen LogP contribution in [0.2, 0.25) is 0 Å². The predicted molar refractivity (Wildman–Crippen MR) is 127 cm³/mol. The highest BCUT2D eigenvalue weighted by molar-refractivity contribution is 5.82. The van der Waals surface area contributed by atoms with E-state index in [2.05, 4.69) is 15.1 Å². The summed E-state index contributed by atoms with van der Waals surface area (Å²) in [5.74, 6) is 2.82. The minimum atomic E-state index is -0.446. The molecule has 0 bridgehead atoms. The number of benzene rings is 2. The lowest BCUT2D eigenvalue weighted by atomic mass is 9.77. The van der Waals surface area contributed by atoms with Crippen LogP contribution in [0.25, 0.3) is 11.3 Å². The maximum absolute atomic E-state index is 6.53. The second kappa shape index (κ2) is 8.99. The Balaban J connectivity index is 1.26. The van der Waals surface area contributed by atoms with E-state index in [1.807, 2.05) is 74.1 Å². The Morgan fingerprint density at radius 3 is 2.19 bits per heavy atom. The molecule has 1 aromatic heterocycles. The molecule has 5 rings (SSSR count). The lowest BCUT2D eigenvalue weighted by Crippen LogP contribution is -2.50. The number of aryl methyl sites for hydroxylation is 1. The molecule has 0 saturated heterocycles. The smallest absolute Gasteiger partial charge is 0.166 e. The first kappa shape index (κ1) is 20.5. The van der Waals surface area contributed by atoms with Gasteiger partial charge >= 0.3 is 0 Å². The van der Waals surface area contributed by atoms with Gasteiger partial charge in [0.05, 0.1) is 18.5 Å². The normalized spacial score (nSPS) is 20.9. The van der Waals surface area contributed by atoms with Crippen molar-refractivity contribution in [1.29, 1.82) is 0 Å². The standard InChI is InChI=1S/C26H28N4O2/c1-30-16-15-25(29-30)20-7-9-22(10-8-20)31-23-11-13-24(14-12-23)32-26(17-27-19-28-18-26)21-5-3-2-4-6-21/h7-17,19,21H,2-6,18H2,1H3. The minimum Gasteiger partial charge on any atom is -0.479 e. The number of ether oxygens (including phenoxy) is 2. The molecule has 1 atom stereocenters. The number of rotatable bonds is 6. The summed E-state index contributed by atoms with van der Waals surface area (Å²) in [5.41, 5.74) is 1.56. The fourth-order valence-electron chi connectivity index (χ4n) is 4.59. The SMILES string of the molecule is Cn1ccc(-c2ccc(Oc3ccc(OC4(C5CCCCC5)C=NC=NC4)cc3)cc2)n1. The number of hydrogen-bond acceptors (Lipinski definition) is 5. The minimum absolute atomic E-state index is 0.446. The van der Waals surface area contributed by atoms with Gasteiger partial charge in [-0.3, -0.25) is 9.67 Å². The van der Waals surface area contributed by atoms with Crippen molar-refractivity contribution < 1.29 is 9.47 Å². The van der Waals surface area contributed by atoms with Gasteiger partial charge in [0.1, 0.15) is 23.6 Å². The van der Waals surface area contributed by atoms with Gasteiger partial charge in [-0.15, -0.1) is 0 Å². The quantitative estimate of drug-likeness (QED) is 0.507. The summed E-state index contributed by atoms with van der Waals surface area (Å²) in [6.45, 7) is 0.627. The van der Waals surface area contributed by atoms with Crippen LogP contribution in [0.15, 0.2) is 70.8 Å². The van der Waals surface area contributed by atoms with Crippen LogP contribution in [0.4, 0.5) is 0 Å². The average molecular weight is 429 g/mol. The second-order valence-corrected chi connectivity index (χ2v) is 8.60. The summed E-state index contributed by atoms with van der Waals surface area (Å²) in [6, 6.07) is 17.8. The van der Waals surface area contributed by atoms with Crippen molar-refractivity contribution in [2.24, 2.45) is 23.0 Å². The predicted octanol–water partition coefficient (Wildman–Crippen LogP) is 5.69. The van der Waals surface area contributed by atoms with Crippen molar-refractivity contribution in [2.45, 2.75) is 37.7 Å². The zero-order chi connectivity index (χ0) is 21.8. The molecule has 1 unspecified atom stereocenters. The fourth-order valence-corrected chi connectivity index (χ4v) is 4.59. The molecule has 0 spiro atoms. The molecule has 1 saturated carbocycles. The third-order valence-electron chi connectivity index (χ3n) is 6.31. The fraction of sp³-hybridized carbons (Fsp3) is 0.346. The van der Waals surface area contributed by atoms with Crippen LogP contribution in [0.1, 0.15) is 32.1 Å². The van der Waals surface area contributed by atoms with E-state index in [-0.39, 0.29) is 0 Å². The molecule has 6 heteroatoms. The molecule has 3 aromatic rings. The van der Waals surface area contributed by atoms with Crippen molar-refractivity contribution >= 4 is 12.6 Å². The Kier molecular flexibility index (Phi) is 5.75. The molecule has 1 aliphatic carbocycles. The van der Waals surface area contributed by atoms with Gasteiger partial charge in [0.2, 0.25) is 0 Å². The third kappa shape index (κ3) is 4.44. The zero-order valence-corrected chi connectivity index (χ0v) is 18.4. The van der Waals surface area contributed by atoms with E-state index < -0.39 is 5.60 Å². The van der Waals surface area contributed by atoms with E-state index in [4.69, 9.17) is 9.47 Å². The van der Waals surface area contributed by atoms with Gasteiger partial charge in [-0.2, -0.15) is 5.10 Å². The molecule has 6 nitrogen and oxygen atoms in total. The van der Waals surface area contributed by atoms with Crippen LogP contribution in [-0.4, -0.2) is 34.5 Å². The Morgan fingerprint density at radius 1 is 0.875 bits per heavy atom. The van der Waals surface area contributed by atoms with Crippen LogP contribution < -0.4 is 9.47 Å². The number of aliphatic imine (C=N–C) groups is 2. The Hall–Kier alpha value is -3.41. The van der Waals surface area contributed by atoms with E-state index in [0.29, 0.717) is 12.5 Å². The maximum Gasteiger partial charge on any atom is 0.166 e. The van der Waals surface area contributed by atoms with Crippen LogP contribution in [0.5, 0.6) is 17.2 Å². The topological polar surface area (TPSA) is 61.0 Å². The van der Waals surface area contributed by atoms with Gasteiger partial charge in [-0.1, -0.05) is 19.3 Å². The summed E-state index contributed by atoms with van der Waals surface area (Å²) in [7, 11) is 1.92. The summed E-state index contributed by atoms with van der Waals surface area (Å²) in [6.07, 6.45) is 11.7. The van der Waals surface area contributed by atoms with Crippen LogP contribution in [0.3, 0.4) is 0 Å². The highest BCUT2D eigenvalue weighted by atomic mass is 16.5. The molecule has 32 heavy (non-hydrogen) atoms. The molecular formula is C26H28N4O2. The molecule has 2 aromatic carbocycles. The van der Waals surface area contributed by atoms with Gasteiger partial charge in [0, 0.05) is 24.7 Å². The van der Waals surface area contributed by atoms with Crippen molar-refractivity contribution in [1.82, 2.24) is 9.78 Å². The molecular weight excluding hydrogens is 400 g/mol.